The van der Waals surface area contributed by atoms with Gasteiger partial charge in [-0.05, 0) is 67.3 Å². The predicted molar refractivity (Wildman–Crippen MR) is 86.8 cm³/mol. The van der Waals surface area contributed by atoms with Gasteiger partial charge in [-0.1, -0.05) is 40.2 Å². The minimum atomic E-state index is 0.0412. The topological polar surface area (TPSA) is 29.1 Å². The Hall–Kier alpha value is -0.790. The lowest BCUT2D eigenvalue weighted by molar-refractivity contribution is -0.150. The maximum Gasteiger partial charge on any atom is 0.243 e. The fourth-order valence-corrected chi connectivity index (χ4v) is 6.63. The minimum Gasteiger partial charge on any atom is -0.346 e. The molecule has 21 heavy (non-hydrogen) atoms. The summed E-state index contributed by atoms with van der Waals surface area (Å²) in [7, 11) is 0. The van der Waals surface area contributed by atoms with Crippen LogP contribution in [-0.2, 0) is 4.79 Å². The third-order valence-electron chi connectivity index (χ3n) is 7.03. The number of carbonyl (C=O) groups is 1. The standard InChI is InChI=1S/C19H31NO/c1-5-14(6-2)19(20-17(21)7-3)15-8-13-9-16(19)12-18(4,10-13)11-15/h7,13-16H,3,5-6,8-12H2,1-2,4H3,(H,20,21). The molecular formula is C19H31NO. The Morgan fingerprint density at radius 1 is 1.24 bits per heavy atom. The van der Waals surface area contributed by atoms with Crippen LogP contribution in [0.3, 0.4) is 0 Å². The molecule has 2 unspecified atom stereocenters. The summed E-state index contributed by atoms with van der Waals surface area (Å²) in [5.41, 5.74) is 0.593. The molecule has 4 aliphatic carbocycles. The van der Waals surface area contributed by atoms with Crippen LogP contribution in [0.1, 0.15) is 65.7 Å². The first-order valence-electron chi connectivity index (χ1n) is 8.92. The van der Waals surface area contributed by atoms with E-state index < -0.39 is 0 Å². The van der Waals surface area contributed by atoms with Crippen LogP contribution < -0.4 is 5.32 Å². The number of hydrogen-bond acceptors (Lipinski definition) is 1. The normalized spacial score (nSPS) is 44.1. The van der Waals surface area contributed by atoms with Crippen molar-refractivity contribution in [1.29, 1.82) is 0 Å². The maximum absolute atomic E-state index is 12.2. The molecule has 4 bridgehead atoms. The fraction of sp³-hybridized carbons (Fsp3) is 0.842. The van der Waals surface area contributed by atoms with Crippen molar-refractivity contribution in [2.75, 3.05) is 0 Å². The summed E-state index contributed by atoms with van der Waals surface area (Å²) in [6.45, 7) is 10.8. The summed E-state index contributed by atoms with van der Waals surface area (Å²) >= 11 is 0. The molecule has 0 heterocycles. The smallest absolute Gasteiger partial charge is 0.243 e. The molecule has 4 fully saturated rings. The molecule has 0 aliphatic heterocycles. The highest BCUT2D eigenvalue weighted by Crippen LogP contribution is 2.65. The monoisotopic (exact) mass is 289 g/mol. The van der Waals surface area contributed by atoms with Crippen LogP contribution in [0.4, 0.5) is 0 Å². The Balaban J connectivity index is 1.99. The quantitative estimate of drug-likeness (QED) is 0.751. The molecule has 2 heteroatoms. The lowest BCUT2D eigenvalue weighted by atomic mass is 9.41. The van der Waals surface area contributed by atoms with Crippen molar-refractivity contribution >= 4 is 5.91 Å². The van der Waals surface area contributed by atoms with E-state index in [0.29, 0.717) is 23.2 Å². The molecule has 1 amide bonds. The van der Waals surface area contributed by atoms with Gasteiger partial charge in [0.25, 0.3) is 0 Å². The van der Waals surface area contributed by atoms with Gasteiger partial charge in [-0.2, -0.15) is 0 Å². The number of rotatable bonds is 5. The van der Waals surface area contributed by atoms with Gasteiger partial charge in [0, 0.05) is 5.54 Å². The highest BCUT2D eigenvalue weighted by molar-refractivity contribution is 5.87. The van der Waals surface area contributed by atoms with E-state index in [0.717, 1.165) is 5.92 Å². The summed E-state index contributed by atoms with van der Waals surface area (Å²) in [5, 5.41) is 3.49. The third-order valence-corrected chi connectivity index (χ3v) is 7.03. The number of amides is 1. The average Bonchev–Trinajstić information content (AvgIpc) is 2.43. The molecule has 2 nitrogen and oxygen atoms in total. The van der Waals surface area contributed by atoms with Gasteiger partial charge in [0.05, 0.1) is 0 Å². The van der Waals surface area contributed by atoms with Gasteiger partial charge in [0.2, 0.25) is 5.91 Å². The SMILES string of the molecule is C=CC(=O)NC1(C(CC)CC)C2CC3CC1CC(C)(C3)C2. The molecule has 0 aromatic rings. The van der Waals surface area contributed by atoms with Crippen LogP contribution in [0.25, 0.3) is 0 Å². The van der Waals surface area contributed by atoms with E-state index in [9.17, 15) is 4.79 Å². The van der Waals surface area contributed by atoms with Crippen molar-refractivity contribution in [1.82, 2.24) is 5.32 Å². The van der Waals surface area contributed by atoms with Crippen molar-refractivity contribution in [3.05, 3.63) is 12.7 Å². The van der Waals surface area contributed by atoms with Crippen LogP contribution in [0, 0.1) is 29.1 Å². The summed E-state index contributed by atoms with van der Waals surface area (Å²) in [6.07, 6.45) is 10.5. The molecule has 0 aromatic heterocycles. The van der Waals surface area contributed by atoms with E-state index in [-0.39, 0.29) is 11.4 Å². The Kier molecular flexibility index (Phi) is 3.70. The zero-order valence-electron chi connectivity index (χ0n) is 14.0. The second-order valence-electron chi connectivity index (χ2n) is 8.29. The van der Waals surface area contributed by atoms with E-state index in [1.807, 2.05) is 0 Å². The van der Waals surface area contributed by atoms with Crippen LogP contribution >= 0.6 is 0 Å². The first kappa shape index (κ1) is 15.1. The summed E-state index contributed by atoms with van der Waals surface area (Å²) in [4.78, 5) is 12.2. The molecule has 0 spiro atoms. The molecule has 0 saturated heterocycles. The fourth-order valence-electron chi connectivity index (χ4n) is 6.63. The third kappa shape index (κ3) is 2.17. The van der Waals surface area contributed by atoms with Gasteiger partial charge in [0.15, 0.2) is 0 Å². The van der Waals surface area contributed by atoms with E-state index in [1.165, 1.54) is 51.0 Å². The Morgan fingerprint density at radius 3 is 2.24 bits per heavy atom. The average molecular weight is 289 g/mol. The molecule has 0 radical (unpaired) electrons. The first-order chi connectivity index (χ1) is 9.97. The van der Waals surface area contributed by atoms with Crippen LogP contribution in [0.2, 0.25) is 0 Å². The maximum atomic E-state index is 12.2. The van der Waals surface area contributed by atoms with Crippen LogP contribution in [-0.4, -0.2) is 11.4 Å². The predicted octanol–water partition coefficient (Wildman–Crippen LogP) is 4.31. The molecule has 4 aliphatic rings. The lowest BCUT2D eigenvalue weighted by Gasteiger charge is -2.67. The zero-order valence-corrected chi connectivity index (χ0v) is 14.0. The number of hydrogen-bond donors (Lipinski definition) is 1. The zero-order chi connectivity index (χ0) is 15.3. The minimum absolute atomic E-state index is 0.0412. The van der Waals surface area contributed by atoms with Crippen LogP contribution in [0.5, 0.6) is 0 Å². The van der Waals surface area contributed by atoms with Crippen molar-refractivity contribution in [2.45, 2.75) is 71.3 Å². The van der Waals surface area contributed by atoms with Crippen LogP contribution in [0.15, 0.2) is 12.7 Å². The molecular weight excluding hydrogens is 258 g/mol. The van der Waals surface area contributed by atoms with Gasteiger partial charge < -0.3 is 5.32 Å². The highest BCUT2D eigenvalue weighted by Gasteiger charge is 2.62. The summed E-state index contributed by atoms with van der Waals surface area (Å²) in [6, 6.07) is 0. The first-order valence-corrected chi connectivity index (χ1v) is 8.92. The Morgan fingerprint density at radius 2 is 1.81 bits per heavy atom. The van der Waals surface area contributed by atoms with E-state index >= 15 is 0 Å². The van der Waals surface area contributed by atoms with Gasteiger partial charge in [0.1, 0.15) is 0 Å². The number of carbonyl (C=O) groups excluding carboxylic acids is 1. The second-order valence-corrected chi connectivity index (χ2v) is 8.29. The Labute approximate surface area is 129 Å². The van der Waals surface area contributed by atoms with Crippen molar-refractivity contribution in [3.8, 4) is 0 Å². The lowest BCUT2D eigenvalue weighted by Crippen LogP contribution is -2.70. The van der Waals surface area contributed by atoms with E-state index in [1.54, 1.807) is 0 Å². The summed E-state index contributed by atoms with van der Waals surface area (Å²) < 4.78 is 0. The highest BCUT2D eigenvalue weighted by atomic mass is 16.1. The molecule has 1 N–H and O–H groups in total. The Bertz CT molecular complexity index is 421. The molecule has 2 atom stereocenters. The van der Waals surface area contributed by atoms with Gasteiger partial charge in [-0.3, -0.25) is 4.79 Å². The van der Waals surface area contributed by atoms with Crippen molar-refractivity contribution in [3.63, 3.8) is 0 Å². The van der Waals surface area contributed by atoms with Gasteiger partial charge >= 0.3 is 0 Å². The van der Waals surface area contributed by atoms with Crippen molar-refractivity contribution in [2.24, 2.45) is 29.1 Å². The largest absolute Gasteiger partial charge is 0.346 e. The molecule has 118 valence electrons. The second kappa shape index (κ2) is 5.14. The molecule has 0 aromatic carbocycles. The van der Waals surface area contributed by atoms with Crippen molar-refractivity contribution < 1.29 is 4.79 Å². The molecule has 4 saturated carbocycles. The summed E-state index contributed by atoms with van der Waals surface area (Å²) in [5.74, 6) is 2.93. The van der Waals surface area contributed by atoms with Gasteiger partial charge in [-0.15, -0.1) is 0 Å². The molecule has 4 rings (SSSR count). The van der Waals surface area contributed by atoms with Gasteiger partial charge in [-0.25, -0.2) is 0 Å². The number of nitrogens with one attached hydrogen (secondary N) is 1. The van der Waals surface area contributed by atoms with E-state index in [4.69, 9.17) is 0 Å². The van der Waals surface area contributed by atoms with E-state index in [2.05, 4.69) is 32.7 Å².